The van der Waals surface area contributed by atoms with Crippen molar-refractivity contribution < 1.29 is 4.79 Å². The Kier molecular flexibility index (Phi) is 2.92. The number of anilines is 1. The number of carbonyl (C=O) groups excluding carboxylic acids is 1. The summed E-state index contributed by atoms with van der Waals surface area (Å²) in [6.07, 6.45) is 5.56. The highest BCUT2D eigenvalue weighted by Gasteiger charge is 2.34. The molecule has 4 rings (SSSR count). The molecule has 21 heavy (non-hydrogen) atoms. The van der Waals surface area contributed by atoms with Crippen LogP contribution in [0, 0.1) is 0 Å². The van der Waals surface area contributed by atoms with Crippen LogP contribution in [0.15, 0.2) is 6.07 Å². The second-order valence-electron chi connectivity index (χ2n) is 5.97. The molecular formula is C16H19N3OS. The lowest BCUT2D eigenvalue weighted by Gasteiger charge is -2.19. The van der Waals surface area contributed by atoms with E-state index in [0.29, 0.717) is 16.6 Å². The van der Waals surface area contributed by atoms with Crippen LogP contribution in [0.5, 0.6) is 0 Å². The van der Waals surface area contributed by atoms with Crippen LogP contribution in [-0.4, -0.2) is 28.4 Å². The summed E-state index contributed by atoms with van der Waals surface area (Å²) in [4.78, 5) is 21.0. The van der Waals surface area contributed by atoms with Gasteiger partial charge in [0.1, 0.15) is 9.71 Å². The summed E-state index contributed by atoms with van der Waals surface area (Å²) < 4.78 is 0. The Hall–Kier alpha value is -1.62. The van der Waals surface area contributed by atoms with Gasteiger partial charge in [0.05, 0.1) is 5.69 Å². The number of aryl methyl sites for hydroxylation is 2. The highest BCUT2D eigenvalue weighted by Crippen LogP contribution is 2.38. The number of nitrogens with two attached hydrogens (primary N) is 1. The van der Waals surface area contributed by atoms with Gasteiger partial charge in [-0.3, -0.25) is 4.79 Å². The van der Waals surface area contributed by atoms with E-state index in [-0.39, 0.29) is 5.91 Å². The summed E-state index contributed by atoms with van der Waals surface area (Å²) in [5.41, 5.74) is 9.39. The number of thiophene rings is 1. The van der Waals surface area contributed by atoms with E-state index in [9.17, 15) is 4.79 Å². The summed E-state index contributed by atoms with van der Waals surface area (Å²) >= 11 is 1.46. The second-order valence-corrected chi connectivity index (χ2v) is 6.97. The van der Waals surface area contributed by atoms with Crippen molar-refractivity contribution in [3.8, 4) is 0 Å². The van der Waals surface area contributed by atoms with Crippen molar-refractivity contribution in [1.82, 2.24) is 9.88 Å². The fourth-order valence-electron chi connectivity index (χ4n) is 3.24. The van der Waals surface area contributed by atoms with Crippen LogP contribution in [0.25, 0.3) is 10.2 Å². The molecule has 2 aliphatic rings. The molecule has 1 saturated carbocycles. The first-order valence-corrected chi connectivity index (χ1v) is 8.52. The minimum Gasteiger partial charge on any atom is -0.397 e. The van der Waals surface area contributed by atoms with E-state index in [1.54, 1.807) is 0 Å². The third-order valence-corrected chi connectivity index (χ3v) is 5.64. The van der Waals surface area contributed by atoms with E-state index in [1.165, 1.54) is 29.0 Å². The fraction of sp³-hybridized carbons (Fsp3) is 0.500. The highest BCUT2D eigenvalue weighted by molar-refractivity contribution is 7.21. The van der Waals surface area contributed by atoms with Gasteiger partial charge in [-0.25, -0.2) is 4.98 Å². The molecule has 0 aromatic carbocycles. The number of rotatable bonds is 3. The van der Waals surface area contributed by atoms with Gasteiger partial charge in [0.2, 0.25) is 0 Å². The zero-order valence-corrected chi connectivity index (χ0v) is 13.0. The van der Waals surface area contributed by atoms with E-state index in [2.05, 4.69) is 6.07 Å². The molecule has 0 spiro atoms. The van der Waals surface area contributed by atoms with Crippen LogP contribution < -0.4 is 5.73 Å². The molecular weight excluding hydrogens is 282 g/mol. The Labute approximate surface area is 128 Å². The average Bonchev–Trinajstić information content (AvgIpc) is 3.12. The number of carbonyl (C=O) groups is 1. The first kappa shape index (κ1) is 13.1. The molecule has 1 fully saturated rings. The molecule has 0 atom stereocenters. The quantitative estimate of drug-likeness (QED) is 0.948. The van der Waals surface area contributed by atoms with E-state index in [1.807, 2.05) is 11.8 Å². The van der Waals surface area contributed by atoms with Crippen molar-refractivity contribution in [3.05, 3.63) is 22.2 Å². The molecule has 2 N–H and O–H groups in total. The van der Waals surface area contributed by atoms with Crippen LogP contribution in [0.1, 0.15) is 47.1 Å². The third-order valence-electron chi connectivity index (χ3n) is 4.53. The molecule has 2 aromatic heterocycles. The summed E-state index contributed by atoms with van der Waals surface area (Å²) in [5.74, 6) is 0.0839. The summed E-state index contributed by atoms with van der Waals surface area (Å²) in [7, 11) is 0. The fourth-order valence-corrected chi connectivity index (χ4v) is 4.29. The van der Waals surface area contributed by atoms with Crippen LogP contribution >= 0.6 is 11.3 Å². The first-order valence-electron chi connectivity index (χ1n) is 7.70. The zero-order chi connectivity index (χ0) is 14.6. The van der Waals surface area contributed by atoms with Gasteiger partial charge in [-0.2, -0.15) is 0 Å². The summed E-state index contributed by atoms with van der Waals surface area (Å²) in [5, 5.41) is 0.968. The monoisotopic (exact) mass is 301 g/mol. The van der Waals surface area contributed by atoms with E-state index < -0.39 is 0 Å². The molecule has 5 heteroatoms. The van der Waals surface area contributed by atoms with Crippen molar-refractivity contribution >= 4 is 33.1 Å². The van der Waals surface area contributed by atoms with Gasteiger partial charge in [0.25, 0.3) is 5.91 Å². The number of amides is 1. The standard InChI is InChI=1S/C16H19N3OS/c1-2-19(10-6-7-10)16(20)14-13(17)11-8-9-4-3-5-12(9)18-15(11)21-14/h8,10H,2-7,17H2,1H3. The van der Waals surface area contributed by atoms with E-state index >= 15 is 0 Å². The van der Waals surface area contributed by atoms with Crippen molar-refractivity contribution in [2.75, 3.05) is 12.3 Å². The van der Waals surface area contributed by atoms with Crippen LogP contribution in [0.4, 0.5) is 5.69 Å². The van der Waals surface area contributed by atoms with Gasteiger partial charge >= 0.3 is 0 Å². The third kappa shape index (κ3) is 2.02. The maximum atomic E-state index is 12.7. The molecule has 0 radical (unpaired) electrons. The number of pyridine rings is 1. The maximum Gasteiger partial charge on any atom is 0.266 e. The van der Waals surface area contributed by atoms with Crippen molar-refractivity contribution in [1.29, 1.82) is 0 Å². The Morgan fingerprint density at radius 2 is 2.29 bits per heavy atom. The number of nitrogens with zero attached hydrogens (tertiary/aromatic N) is 2. The van der Waals surface area contributed by atoms with E-state index in [4.69, 9.17) is 10.7 Å². The van der Waals surface area contributed by atoms with Gasteiger partial charge in [-0.1, -0.05) is 0 Å². The Morgan fingerprint density at radius 3 is 3.00 bits per heavy atom. The predicted octanol–water partition coefficient (Wildman–Crippen LogP) is 2.99. The molecule has 2 aliphatic carbocycles. The van der Waals surface area contributed by atoms with Gasteiger partial charge in [-0.15, -0.1) is 11.3 Å². The Morgan fingerprint density at radius 1 is 1.48 bits per heavy atom. The Balaban J connectivity index is 1.79. The lowest BCUT2D eigenvalue weighted by molar-refractivity contribution is 0.0758. The maximum absolute atomic E-state index is 12.7. The molecule has 0 unspecified atom stereocenters. The van der Waals surface area contributed by atoms with Gasteiger partial charge < -0.3 is 10.6 Å². The van der Waals surface area contributed by atoms with Crippen LogP contribution in [0.3, 0.4) is 0 Å². The SMILES string of the molecule is CCN(C(=O)c1sc2nc3c(cc2c1N)CCC3)C1CC1. The normalized spacial score (nSPS) is 17.2. The number of fused-ring (bicyclic) bond motifs is 2. The zero-order valence-electron chi connectivity index (χ0n) is 12.2. The average molecular weight is 301 g/mol. The summed E-state index contributed by atoms with van der Waals surface area (Å²) in [6.45, 7) is 2.79. The van der Waals surface area contributed by atoms with Crippen molar-refractivity contribution in [2.45, 2.75) is 45.1 Å². The molecule has 4 nitrogen and oxygen atoms in total. The minimum absolute atomic E-state index is 0.0839. The van der Waals surface area contributed by atoms with Crippen molar-refractivity contribution in [3.63, 3.8) is 0 Å². The van der Waals surface area contributed by atoms with Gasteiger partial charge in [-0.05, 0) is 50.7 Å². The smallest absolute Gasteiger partial charge is 0.266 e. The van der Waals surface area contributed by atoms with Gasteiger partial charge in [0.15, 0.2) is 0 Å². The second kappa shape index (κ2) is 4.70. The number of aromatic nitrogens is 1. The molecule has 0 bridgehead atoms. The highest BCUT2D eigenvalue weighted by atomic mass is 32.1. The number of hydrogen-bond donors (Lipinski definition) is 1. The topological polar surface area (TPSA) is 59.2 Å². The molecule has 110 valence electrons. The largest absolute Gasteiger partial charge is 0.397 e. The first-order chi connectivity index (χ1) is 10.2. The van der Waals surface area contributed by atoms with Gasteiger partial charge in [0, 0.05) is 23.7 Å². The number of nitrogen functional groups attached to an aromatic ring is 1. The molecule has 2 aromatic rings. The minimum atomic E-state index is 0.0839. The molecule has 0 aliphatic heterocycles. The lowest BCUT2D eigenvalue weighted by Crippen LogP contribution is -2.32. The Bertz CT molecular complexity index is 733. The predicted molar refractivity (Wildman–Crippen MR) is 85.8 cm³/mol. The molecule has 1 amide bonds. The van der Waals surface area contributed by atoms with E-state index in [0.717, 1.165) is 42.4 Å². The number of hydrogen-bond acceptors (Lipinski definition) is 4. The van der Waals surface area contributed by atoms with Crippen LogP contribution in [-0.2, 0) is 12.8 Å². The van der Waals surface area contributed by atoms with Crippen molar-refractivity contribution in [2.24, 2.45) is 0 Å². The van der Waals surface area contributed by atoms with Crippen LogP contribution in [0.2, 0.25) is 0 Å². The lowest BCUT2D eigenvalue weighted by atomic mass is 10.1. The summed E-state index contributed by atoms with van der Waals surface area (Å²) in [6, 6.07) is 2.57. The molecule has 2 heterocycles. The molecule has 0 saturated heterocycles.